The van der Waals surface area contributed by atoms with Crippen molar-refractivity contribution in [3.8, 4) is 10.4 Å². The Morgan fingerprint density at radius 3 is 2.44 bits per heavy atom. The van der Waals surface area contributed by atoms with Gasteiger partial charge in [0.2, 0.25) is 5.91 Å². The van der Waals surface area contributed by atoms with Gasteiger partial charge in [0.15, 0.2) is 0 Å². The number of nitrogens with zero attached hydrogens (tertiary/aromatic N) is 3. The number of carbonyl (C=O) groups is 3. The maximum Gasteiger partial charge on any atom is 0.350 e. The fourth-order valence-electron chi connectivity index (χ4n) is 4.58. The van der Waals surface area contributed by atoms with Crippen LogP contribution in [0.5, 0.6) is 0 Å². The van der Waals surface area contributed by atoms with Crippen molar-refractivity contribution in [1.29, 1.82) is 0 Å². The summed E-state index contributed by atoms with van der Waals surface area (Å²) >= 11 is 1.30. The van der Waals surface area contributed by atoms with Crippen LogP contribution < -0.4 is 10.2 Å². The third-order valence-electron chi connectivity index (χ3n) is 6.69. The third-order valence-corrected chi connectivity index (χ3v) is 7.84. The molecule has 0 bridgehead atoms. The quantitative estimate of drug-likeness (QED) is 0.433. The van der Waals surface area contributed by atoms with Gasteiger partial charge in [-0.3, -0.25) is 9.59 Å². The molecule has 2 aromatic heterocycles. The standard InChI is InChI=1S/C27H32N4O4S/c1-5-31(26(33)19-8-6-17(2)7-9-19)22-14-23(36-24(22)27(34)35-4)18-10-12-20(13-11-18)29-25(32)21-15-30(3)16-28-21/h10-17,19H,5-9H2,1-4H3,(H,29,32). The number of hydrogen-bond acceptors (Lipinski definition) is 6. The number of esters is 1. The zero-order valence-electron chi connectivity index (χ0n) is 21.1. The lowest BCUT2D eigenvalue weighted by molar-refractivity contribution is -0.123. The molecular formula is C27H32N4O4S. The molecule has 1 aliphatic rings. The van der Waals surface area contributed by atoms with Crippen LogP contribution in [-0.2, 0) is 16.6 Å². The summed E-state index contributed by atoms with van der Waals surface area (Å²) < 4.78 is 6.76. The zero-order chi connectivity index (χ0) is 25.8. The Hall–Kier alpha value is -3.46. The molecule has 0 spiro atoms. The summed E-state index contributed by atoms with van der Waals surface area (Å²) in [5, 5.41) is 2.84. The normalized spacial score (nSPS) is 17.4. The van der Waals surface area contributed by atoms with Gasteiger partial charge in [-0.15, -0.1) is 11.3 Å². The number of aromatic nitrogens is 2. The van der Waals surface area contributed by atoms with E-state index >= 15 is 0 Å². The molecule has 1 fully saturated rings. The van der Waals surface area contributed by atoms with Crippen LogP contribution in [0.15, 0.2) is 42.9 Å². The molecular weight excluding hydrogens is 476 g/mol. The predicted octanol–water partition coefficient (Wildman–Crippen LogP) is 5.37. The van der Waals surface area contributed by atoms with Crippen LogP contribution >= 0.6 is 11.3 Å². The number of nitrogens with one attached hydrogen (secondary N) is 1. The zero-order valence-corrected chi connectivity index (χ0v) is 21.9. The van der Waals surface area contributed by atoms with Crippen molar-refractivity contribution in [1.82, 2.24) is 9.55 Å². The highest BCUT2D eigenvalue weighted by Crippen LogP contribution is 2.39. The van der Waals surface area contributed by atoms with Crippen molar-refractivity contribution in [2.24, 2.45) is 18.9 Å². The highest BCUT2D eigenvalue weighted by Gasteiger charge is 2.31. The molecule has 0 atom stereocenters. The van der Waals surface area contributed by atoms with Gasteiger partial charge in [-0.05, 0) is 62.3 Å². The van der Waals surface area contributed by atoms with Crippen LogP contribution in [0.1, 0.15) is 59.7 Å². The number of ether oxygens (including phenoxy) is 1. The summed E-state index contributed by atoms with van der Waals surface area (Å²) in [7, 11) is 3.16. The summed E-state index contributed by atoms with van der Waals surface area (Å²) in [4.78, 5) is 45.5. The Labute approximate surface area is 215 Å². The van der Waals surface area contributed by atoms with Crippen molar-refractivity contribution in [3.63, 3.8) is 0 Å². The number of carbonyl (C=O) groups excluding carboxylic acids is 3. The summed E-state index contributed by atoms with van der Waals surface area (Å²) in [6.45, 7) is 4.64. The molecule has 2 heterocycles. The second-order valence-electron chi connectivity index (χ2n) is 9.31. The number of rotatable bonds is 7. The molecule has 190 valence electrons. The molecule has 9 heteroatoms. The lowest BCUT2D eigenvalue weighted by Gasteiger charge is -2.30. The molecule has 0 radical (unpaired) electrons. The highest BCUT2D eigenvalue weighted by molar-refractivity contribution is 7.18. The molecule has 0 saturated heterocycles. The number of benzene rings is 1. The lowest BCUT2D eigenvalue weighted by atomic mass is 9.82. The van der Waals surface area contributed by atoms with Gasteiger partial charge in [0, 0.05) is 36.3 Å². The van der Waals surface area contributed by atoms with Gasteiger partial charge in [-0.25, -0.2) is 9.78 Å². The SMILES string of the molecule is CCN(C(=O)C1CCC(C)CC1)c1cc(-c2ccc(NC(=O)c3cn(C)cn3)cc2)sc1C(=O)OC. The Balaban J connectivity index is 1.57. The Morgan fingerprint density at radius 1 is 1.17 bits per heavy atom. The van der Waals surface area contributed by atoms with Crippen LogP contribution in [-0.4, -0.2) is 41.0 Å². The summed E-state index contributed by atoms with van der Waals surface area (Å²) in [5.74, 6) is -0.0318. The maximum absolute atomic E-state index is 13.4. The van der Waals surface area contributed by atoms with Crippen molar-refractivity contribution < 1.29 is 19.1 Å². The van der Waals surface area contributed by atoms with E-state index in [1.54, 1.807) is 41.2 Å². The monoisotopic (exact) mass is 508 g/mol. The Bertz CT molecular complexity index is 1240. The van der Waals surface area contributed by atoms with Gasteiger partial charge in [-0.1, -0.05) is 19.1 Å². The van der Waals surface area contributed by atoms with Crippen LogP contribution in [0.3, 0.4) is 0 Å². The maximum atomic E-state index is 13.4. The van der Waals surface area contributed by atoms with E-state index in [1.807, 2.05) is 25.1 Å². The van der Waals surface area contributed by atoms with E-state index in [0.717, 1.165) is 36.1 Å². The van der Waals surface area contributed by atoms with Gasteiger partial charge in [0.25, 0.3) is 5.91 Å². The van der Waals surface area contributed by atoms with Gasteiger partial charge in [-0.2, -0.15) is 0 Å². The van der Waals surface area contributed by atoms with Gasteiger partial charge in [0.05, 0.1) is 19.1 Å². The molecule has 1 aliphatic carbocycles. The average molecular weight is 509 g/mol. The molecule has 1 N–H and O–H groups in total. The number of anilines is 2. The largest absolute Gasteiger partial charge is 0.465 e. The van der Waals surface area contributed by atoms with E-state index in [2.05, 4.69) is 17.2 Å². The van der Waals surface area contributed by atoms with Crippen LogP contribution in [0, 0.1) is 11.8 Å². The first-order valence-corrected chi connectivity index (χ1v) is 13.1. The topological polar surface area (TPSA) is 93.5 Å². The van der Waals surface area contributed by atoms with Crippen molar-refractivity contribution in [3.05, 3.63) is 53.4 Å². The number of thiophene rings is 1. The number of hydrogen-bond donors (Lipinski definition) is 1. The van der Waals surface area contributed by atoms with Crippen molar-refractivity contribution in [2.45, 2.75) is 39.5 Å². The summed E-state index contributed by atoms with van der Waals surface area (Å²) in [6, 6.07) is 9.26. The molecule has 0 unspecified atom stereocenters. The minimum Gasteiger partial charge on any atom is -0.465 e. The predicted molar refractivity (Wildman–Crippen MR) is 141 cm³/mol. The number of aryl methyl sites for hydroxylation is 1. The molecule has 0 aliphatic heterocycles. The number of amides is 2. The van der Waals surface area contributed by atoms with E-state index in [0.29, 0.717) is 34.4 Å². The molecule has 1 aromatic carbocycles. The van der Waals surface area contributed by atoms with Gasteiger partial charge >= 0.3 is 5.97 Å². The van der Waals surface area contributed by atoms with Crippen LogP contribution in [0.25, 0.3) is 10.4 Å². The highest BCUT2D eigenvalue weighted by atomic mass is 32.1. The molecule has 2 amide bonds. The molecule has 4 rings (SSSR count). The summed E-state index contributed by atoms with van der Waals surface area (Å²) in [5.41, 5.74) is 2.45. The van der Waals surface area contributed by atoms with E-state index in [1.165, 1.54) is 18.4 Å². The molecule has 8 nitrogen and oxygen atoms in total. The first-order chi connectivity index (χ1) is 17.3. The lowest BCUT2D eigenvalue weighted by Crippen LogP contribution is -2.38. The second kappa shape index (κ2) is 11.1. The fraction of sp³-hybridized carbons (Fsp3) is 0.407. The molecule has 3 aromatic rings. The smallest absolute Gasteiger partial charge is 0.350 e. The first kappa shape index (κ1) is 25.6. The van der Waals surface area contributed by atoms with Crippen LogP contribution in [0.2, 0.25) is 0 Å². The third kappa shape index (κ3) is 5.51. The molecule has 36 heavy (non-hydrogen) atoms. The van der Waals surface area contributed by atoms with Crippen molar-refractivity contribution >= 4 is 40.5 Å². The van der Waals surface area contributed by atoms with Gasteiger partial charge < -0.3 is 19.5 Å². The Morgan fingerprint density at radius 2 is 1.86 bits per heavy atom. The van der Waals surface area contributed by atoms with E-state index in [-0.39, 0.29) is 17.7 Å². The number of methoxy groups -OCH3 is 1. The minimum atomic E-state index is -0.455. The first-order valence-electron chi connectivity index (χ1n) is 12.2. The van der Waals surface area contributed by atoms with Crippen LogP contribution in [0.4, 0.5) is 11.4 Å². The average Bonchev–Trinajstić information content (AvgIpc) is 3.52. The number of imidazole rings is 1. The Kier molecular flexibility index (Phi) is 7.88. The van der Waals surface area contributed by atoms with Crippen molar-refractivity contribution in [2.75, 3.05) is 23.9 Å². The van der Waals surface area contributed by atoms with E-state index in [9.17, 15) is 14.4 Å². The van der Waals surface area contributed by atoms with Gasteiger partial charge in [0.1, 0.15) is 10.6 Å². The minimum absolute atomic E-state index is 0.0167. The van der Waals surface area contributed by atoms with E-state index in [4.69, 9.17) is 4.74 Å². The fourth-order valence-corrected chi connectivity index (χ4v) is 5.66. The second-order valence-corrected chi connectivity index (χ2v) is 10.4. The summed E-state index contributed by atoms with van der Waals surface area (Å²) in [6.07, 6.45) is 7.09. The molecule has 1 saturated carbocycles. The van der Waals surface area contributed by atoms with E-state index < -0.39 is 5.97 Å².